The second-order valence-corrected chi connectivity index (χ2v) is 8.93. The molecule has 0 radical (unpaired) electrons. The molecule has 8 heteroatoms. The maximum Gasteiger partial charge on any atom is 0.287 e. The monoisotopic (exact) mass is 429 g/mol. The highest BCUT2D eigenvalue weighted by atomic mass is 32.2. The molecule has 2 aromatic heterocycles. The lowest BCUT2D eigenvalue weighted by Gasteiger charge is -2.34. The summed E-state index contributed by atoms with van der Waals surface area (Å²) in [5.41, 5.74) is 1.06. The highest BCUT2D eigenvalue weighted by molar-refractivity contribution is 7.98. The topological polar surface area (TPSA) is 74.5 Å². The Labute approximate surface area is 182 Å². The molecule has 2 aromatic rings. The Morgan fingerprint density at radius 1 is 1.20 bits per heavy atom. The van der Waals surface area contributed by atoms with Gasteiger partial charge in [-0.15, -0.1) is 0 Å². The van der Waals surface area contributed by atoms with Crippen molar-refractivity contribution in [1.82, 2.24) is 20.2 Å². The van der Waals surface area contributed by atoms with Gasteiger partial charge in [-0.3, -0.25) is 4.79 Å². The third kappa shape index (κ3) is 5.55. The third-order valence-corrected chi connectivity index (χ3v) is 6.60. The van der Waals surface area contributed by atoms with Gasteiger partial charge in [0.25, 0.3) is 5.91 Å². The van der Waals surface area contributed by atoms with E-state index in [1.54, 1.807) is 17.8 Å². The van der Waals surface area contributed by atoms with Crippen molar-refractivity contribution in [2.24, 2.45) is 5.92 Å². The van der Waals surface area contributed by atoms with Gasteiger partial charge in [-0.2, -0.15) is 0 Å². The number of nitrogens with zero attached hydrogens (tertiary/aromatic N) is 4. The molecule has 4 rings (SSSR count). The number of hydrogen-bond donors (Lipinski definition) is 1. The summed E-state index contributed by atoms with van der Waals surface area (Å²) < 4.78 is 5.74. The van der Waals surface area contributed by atoms with Gasteiger partial charge in [0.1, 0.15) is 11.6 Å². The molecule has 2 aliphatic rings. The van der Waals surface area contributed by atoms with Crippen LogP contribution in [0.4, 0.5) is 5.82 Å². The summed E-state index contributed by atoms with van der Waals surface area (Å²) in [6, 6.07) is 5.73. The van der Waals surface area contributed by atoms with Crippen LogP contribution in [0.3, 0.4) is 0 Å². The molecule has 2 fully saturated rings. The number of amides is 1. The molecule has 0 spiro atoms. The molecule has 1 aliphatic carbocycles. The lowest BCUT2D eigenvalue weighted by molar-refractivity contribution is 0.0922. The van der Waals surface area contributed by atoms with Crippen LogP contribution in [0.1, 0.15) is 48.7 Å². The van der Waals surface area contributed by atoms with Crippen molar-refractivity contribution < 1.29 is 9.21 Å². The van der Waals surface area contributed by atoms with E-state index >= 15 is 0 Å². The van der Waals surface area contributed by atoms with Crippen molar-refractivity contribution in [3.05, 3.63) is 35.4 Å². The van der Waals surface area contributed by atoms with Gasteiger partial charge in [0.05, 0.1) is 5.75 Å². The van der Waals surface area contributed by atoms with E-state index in [0.29, 0.717) is 17.4 Å². The summed E-state index contributed by atoms with van der Waals surface area (Å²) in [4.78, 5) is 26.5. The zero-order chi connectivity index (χ0) is 20.9. The maximum absolute atomic E-state index is 12.2. The first-order valence-corrected chi connectivity index (χ1v) is 12.0. The zero-order valence-electron chi connectivity index (χ0n) is 17.9. The standard InChI is InChI=1S/C22H31N5O2S/c1-3-17-13-20(27-11-9-26(4-2)10-12-27)25-22(24-17)30-15-18-7-8-19(29-18)21(28)23-14-16-5-6-16/h7-8,13,16H,3-6,9-12,14-15H2,1-2H3,(H,23,28). The Kier molecular flexibility index (Phi) is 6.94. The average molecular weight is 430 g/mol. The Bertz CT molecular complexity index is 859. The van der Waals surface area contributed by atoms with Gasteiger partial charge in [-0.25, -0.2) is 9.97 Å². The molecule has 1 amide bonds. The number of anilines is 1. The highest BCUT2D eigenvalue weighted by Crippen LogP contribution is 2.28. The lowest BCUT2D eigenvalue weighted by atomic mass is 10.2. The number of carbonyl (C=O) groups excluding carboxylic acids is 1. The van der Waals surface area contributed by atoms with Gasteiger partial charge in [-0.05, 0) is 43.9 Å². The van der Waals surface area contributed by atoms with Gasteiger partial charge >= 0.3 is 0 Å². The second-order valence-electron chi connectivity index (χ2n) is 7.98. The number of hydrogen-bond acceptors (Lipinski definition) is 7. The first-order chi connectivity index (χ1) is 14.6. The largest absolute Gasteiger partial charge is 0.455 e. The van der Waals surface area contributed by atoms with Crippen LogP contribution in [0.25, 0.3) is 0 Å². The van der Waals surface area contributed by atoms with Crippen molar-refractivity contribution in [3.8, 4) is 0 Å². The first kappa shape index (κ1) is 21.2. The molecule has 162 valence electrons. The number of aryl methyl sites for hydroxylation is 1. The molecular weight excluding hydrogens is 398 g/mol. The van der Waals surface area contributed by atoms with E-state index in [2.05, 4.69) is 40.0 Å². The van der Waals surface area contributed by atoms with Crippen LogP contribution < -0.4 is 10.2 Å². The van der Waals surface area contributed by atoms with Crippen LogP contribution in [0.15, 0.2) is 27.8 Å². The SMILES string of the molecule is CCc1cc(N2CCN(CC)CC2)nc(SCc2ccc(C(=O)NCC3CC3)o2)n1. The smallest absolute Gasteiger partial charge is 0.287 e. The van der Waals surface area contributed by atoms with Crippen LogP contribution in [-0.4, -0.2) is 60.0 Å². The fourth-order valence-corrected chi connectivity index (χ4v) is 4.29. The van der Waals surface area contributed by atoms with E-state index in [-0.39, 0.29) is 5.91 Å². The number of likely N-dealkylation sites (N-methyl/N-ethyl adjacent to an activating group) is 1. The van der Waals surface area contributed by atoms with Crippen LogP contribution >= 0.6 is 11.8 Å². The fourth-order valence-electron chi connectivity index (χ4n) is 3.52. The predicted molar refractivity (Wildman–Crippen MR) is 119 cm³/mol. The lowest BCUT2D eigenvalue weighted by Crippen LogP contribution is -2.46. The zero-order valence-corrected chi connectivity index (χ0v) is 18.7. The summed E-state index contributed by atoms with van der Waals surface area (Å²) in [6.07, 6.45) is 3.31. The van der Waals surface area contributed by atoms with E-state index < -0.39 is 0 Å². The van der Waals surface area contributed by atoms with Crippen molar-refractivity contribution in [3.63, 3.8) is 0 Å². The molecule has 0 unspecified atom stereocenters. The average Bonchev–Trinajstić information content (AvgIpc) is 3.50. The third-order valence-electron chi connectivity index (χ3n) is 5.73. The number of nitrogens with one attached hydrogen (secondary N) is 1. The van der Waals surface area contributed by atoms with E-state index in [0.717, 1.165) is 68.1 Å². The van der Waals surface area contributed by atoms with E-state index in [1.165, 1.54) is 12.8 Å². The number of piperazine rings is 1. The molecule has 7 nitrogen and oxygen atoms in total. The number of carbonyl (C=O) groups is 1. The summed E-state index contributed by atoms with van der Waals surface area (Å²) in [6.45, 7) is 10.3. The van der Waals surface area contributed by atoms with Crippen LogP contribution in [0, 0.1) is 5.92 Å². The summed E-state index contributed by atoms with van der Waals surface area (Å²) in [5, 5.41) is 3.70. The normalized spacial score (nSPS) is 17.3. The molecule has 1 aliphatic heterocycles. The number of rotatable bonds is 9. The van der Waals surface area contributed by atoms with Crippen molar-refractivity contribution in [1.29, 1.82) is 0 Å². The highest BCUT2D eigenvalue weighted by Gasteiger charge is 2.23. The minimum atomic E-state index is -0.129. The predicted octanol–water partition coefficient (Wildman–Crippen LogP) is 3.21. The van der Waals surface area contributed by atoms with Gasteiger partial charge in [0.2, 0.25) is 0 Å². The number of aromatic nitrogens is 2. The summed E-state index contributed by atoms with van der Waals surface area (Å²) >= 11 is 1.55. The van der Waals surface area contributed by atoms with Crippen LogP contribution in [0.5, 0.6) is 0 Å². The van der Waals surface area contributed by atoms with E-state index in [9.17, 15) is 4.79 Å². The van der Waals surface area contributed by atoms with Crippen LogP contribution in [-0.2, 0) is 12.2 Å². The van der Waals surface area contributed by atoms with Crippen molar-refractivity contribution in [2.45, 2.75) is 44.0 Å². The van der Waals surface area contributed by atoms with Gasteiger partial charge in [0, 0.05) is 44.5 Å². The quantitative estimate of drug-likeness (QED) is 0.485. The first-order valence-electron chi connectivity index (χ1n) is 11.0. The van der Waals surface area contributed by atoms with Crippen molar-refractivity contribution in [2.75, 3.05) is 44.2 Å². The van der Waals surface area contributed by atoms with Gasteiger partial charge < -0.3 is 19.5 Å². The van der Waals surface area contributed by atoms with Crippen molar-refractivity contribution >= 4 is 23.5 Å². The van der Waals surface area contributed by atoms with Crippen LogP contribution in [0.2, 0.25) is 0 Å². The number of furan rings is 1. The molecule has 0 bridgehead atoms. The Hall–Kier alpha value is -2.06. The molecule has 1 N–H and O–H groups in total. The molecule has 30 heavy (non-hydrogen) atoms. The molecule has 0 aromatic carbocycles. The van der Waals surface area contributed by atoms with E-state index in [1.807, 2.05) is 6.07 Å². The van der Waals surface area contributed by atoms with Gasteiger partial charge in [-0.1, -0.05) is 25.6 Å². The minimum Gasteiger partial charge on any atom is -0.455 e. The summed E-state index contributed by atoms with van der Waals surface area (Å²) in [7, 11) is 0. The molecule has 1 saturated carbocycles. The molecule has 0 atom stereocenters. The number of thioether (sulfide) groups is 1. The Balaban J connectivity index is 1.36. The molecule has 1 saturated heterocycles. The van der Waals surface area contributed by atoms with E-state index in [4.69, 9.17) is 9.40 Å². The Morgan fingerprint density at radius 2 is 2.00 bits per heavy atom. The summed E-state index contributed by atoms with van der Waals surface area (Å²) in [5.74, 6) is 3.28. The molecular formula is C22H31N5O2S. The minimum absolute atomic E-state index is 0.129. The fraction of sp³-hybridized carbons (Fsp3) is 0.591. The Morgan fingerprint density at radius 3 is 2.70 bits per heavy atom. The van der Waals surface area contributed by atoms with Gasteiger partial charge in [0.15, 0.2) is 10.9 Å². The second kappa shape index (κ2) is 9.83. The maximum atomic E-state index is 12.2. The molecule has 3 heterocycles.